The van der Waals surface area contributed by atoms with Gasteiger partial charge in [-0.25, -0.2) is 4.52 Å². The van der Waals surface area contributed by atoms with Gasteiger partial charge in [0.25, 0.3) is 11.5 Å². The van der Waals surface area contributed by atoms with Gasteiger partial charge in [-0.05, 0) is 6.07 Å². The molecule has 0 atom stereocenters. The fourth-order valence-electron chi connectivity index (χ4n) is 1.58. The van der Waals surface area contributed by atoms with E-state index in [2.05, 4.69) is 20.3 Å². The summed E-state index contributed by atoms with van der Waals surface area (Å²) in [5, 5.41) is 21.1. The van der Waals surface area contributed by atoms with E-state index in [1.54, 1.807) is 18.2 Å². The molecule has 17 heavy (non-hydrogen) atoms. The molecular weight excluding hydrogens is 224 g/mol. The molecule has 2 heterocycles. The number of hydrogen-bond acceptors (Lipinski definition) is 5. The molecule has 0 fully saturated rings. The van der Waals surface area contributed by atoms with Crippen molar-refractivity contribution in [3.63, 3.8) is 0 Å². The highest BCUT2D eigenvalue weighted by molar-refractivity contribution is 5.68. The normalized spacial score (nSPS) is 10.8. The zero-order valence-corrected chi connectivity index (χ0v) is 8.44. The maximum atomic E-state index is 10.9. The smallest absolute Gasteiger partial charge is 0.273 e. The molecule has 0 bridgehead atoms. The van der Waals surface area contributed by atoms with Gasteiger partial charge in [-0.15, -0.1) is 10.2 Å². The summed E-state index contributed by atoms with van der Waals surface area (Å²) < 4.78 is 1.49. The van der Waals surface area contributed by atoms with E-state index in [4.69, 9.17) is 0 Å². The number of nitro groups is 1. The Labute approximate surface area is 94.1 Å². The molecule has 84 valence electrons. The van der Waals surface area contributed by atoms with Crippen LogP contribution in [-0.4, -0.2) is 29.7 Å². The van der Waals surface area contributed by atoms with Crippen LogP contribution in [0.15, 0.2) is 30.6 Å². The van der Waals surface area contributed by atoms with Crippen molar-refractivity contribution in [1.82, 2.24) is 24.8 Å². The Kier molecular flexibility index (Phi) is 1.87. The number of para-hydroxylation sites is 1. The van der Waals surface area contributed by atoms with Gasteiger partial charge in [-0.1, -0.05) is 12.1 Å². The summed E-state index contributed by atoms with van der Waals surface area (Å²) >= 11 is 0. The van der Waals surface area contributed by atoms with Crippen LogP contribution in [0.5, 0.6) is 0 Å². The molecule has 0 radical (unpaired) electrons. The number of fused-ring (bicyclic) bond motifs is 1. The van der Waals surface area contributed by atoms with Crippen molar-refractivity contribution in [2.45, 2.75) is 0 Å². The second-order valence-corrected chi connectivity index (χ2v) is 3.35. The lowest BCUT2D eigenvalue weighted by molar-refractivity contribution is -0.384. The minimum Gasteiger partial charge on any atom is -0.273 e. The topological polar surface area (TPSA) is 102 Å². The number of hydrogen-bond donors (Lipinski definition) is 1. The van der Waals surface area contributed by atoms with E-state index >= 15 is 0 Å². The van der Waals surface area contributed by atoms with E-state index < -0.39 is 4.92 Å². The molecule has 1 N–H and O–H groups in total. The highest BCUT2D eigenvalue weighted by atomic mass is 16.6. The van der Waals surface area contributed by atoms with Gasteiger partial charge in [0.15, 0.2) is 5.82 Å². The summed E-state index contributed by atoms with van der Waals surface area (Å²) in [5.41, 5.74) is 0.417. The minimum atomic E-state index is -0.446. The van der Waals surface area contributed by atoms with Crippen LogP contribution < -0.4 is 0 Å². The van der Waals surface area contributed by atoms with E-state index in [1.165, 1.54) is 16.9 Å². The highest BCUT2D eigenvalue weighted by Crippen LogP contribution is 2.26. The number of aromatic amines is 1. The second kappa shape index (κ2) is 3.37. The zero-order valence-electron chi connectivity index (χ0n) is 8.44. The summed E-state index contributed by atoms with van der Waals surface area (Å²) in [6.07, 6.45) is 1.45. The molecule has 8 heteroatoms. The van der Waals surface area contributed by atoms with Gasteiger partial charge in [0, 0.05) is 6.07 Å². The Balaban J connectivity index is 2.21. The third kappa shape index (κ3) is 1.42. The molecule has 0 aliphatic rings. The first-order chi connectivity index (χ1) is 8.25. The van der Waals surface area contributed by atoms with Crippen LogP contribution in [-0.2, 0) is 0 Å². The van der Waals surface area contributed by atoms with Crippen LogP contribution in [0.2, 0.25) is 0 Å². The maximum Gasteiger partial charge on any atom is 0.280 e. The molecule has 0 aliphatic heterocycles. The zero-order chi connectivity index (χ0) is 11.8. The molecular formula is C9H6N6O2. The fourth-order valence-corrected chi connectivity index (χ4v) is 1.58. The standard InChI is InChI=1S/C9H6N6O2/c16-15(17)7-4-2-1-3-6(7)8-11-9-12-10-5-14(9)13-8/h1-5H,(H,11,12,13). The Morgan fingerprint density at radius 2 is 2.18 bits per heavy atom. The van der Waals surface area contributed by atoms with Crippen molar-refractivity contribution < 1.29 is 4.92 Å². The lowest BCUT2D eigenvalue weighted by Gasteiger charge is -1.97. The highest BCUT2D eigenvalue weighted by Gasteiger charge is 2.17. The van der Waals surface area contributed by atoms with E-state index in [0.29, 0.717) is 17.2 Å². The van der Waals surface area contributed by atoms with Crippen molar-refractivity contribution in [3.05, 3.63) is 40.7 Å². The Morgan fingerprint density at radius 1 is 1.35 bits per heavy atom. The average molecular weight is 230 g/mol. The number of nitrogens with one attached hydrogen (secondary N) is 1. The van der Waals surface area contributed by atoms with Gasteiger partial charge in [-0.3, -0.25) is 15.2 Å². The first-order valence-corrected chi connectivity index (χ1v) is 4.75. The number of H-pyrrole nitrogens is 1. The van der Waals surface area contributed by atoms with Crippen LogP contribution in [0.3, 0.4) is 0 Å². The van der Waals surface area contributed by atoms with Crippen LogP contribution in [0.25, 0.3) is 17.2 Å². The van der Waals surface area contributed by atoms with Gasteiger partial charge in [0.2, 0.25) is 0 Å². The van der Waals surface area contributed by atoms with Crippen LogP contribution in [0.1, 0.15) is 0 Å². The predicted molar refractivity (Wildman–Crippen MR) is 57.2 cm³/mol. The van der Waals surface area contributed by atoms with Gasteiger partial charge in [-0.2, -0.15) is 4.98 Å². The molecule has 3 aromatic rings. The quantitative estimate of drug-likeness (QED) is 0.523. The Hall–Kier alpha value is -2.77. The summed E-state index contributed by atoms with van der Waals surface area (Å²) in [6.45, 7) is 0. The van der Waals surface area contributed by atoms with Gasteiger partial charge in [0.1, 0.15) is 6.33 Å². The second-order valence-electron chi connectivity index (χ2n) is 3.35. The molecule has 0 saturated heterocycles. The van der Waals surface area contributed by atoms with E-state index in [9.17, 15) is 10.1 Å². The number of nitrogens with zero attached hydrogens (tertiary/aromatic N) is 5. The fraction of sp³-hybridized carbons (Fsp3) is 0. The summed E-state index contributed by atoms with van der Waals surface area (Å²) in [4.78, 5) is 14.5. The maximum absolute atomic E-state index is 10.9. The van der Waals surface area contributed by atoms with Gasteiger partial charge in [0.05, 0.1) is 10.5 Å². The SMILES string of the molecule is O=[N+]([O-])c1ccccc1-c1nc2nncn2[nH]1. The van der Waals surface area contributed by atoms with Crippen LogP contribution in [0, 0.1) is 10.1 Å². The van der Waals surface area contributed by atoms with E-state index in [0.717, 1.165) is 0 Å². The van der Waals surface area contributed by atoms with Crippen molar-refractivity contribution in [3.8, 4) is 11.4 Å². The summed E-state index contributed by atoms with van der Waals surface area (Å²) in [6, 6.07) is 6.38. The molecule has 2 aromatic heterocycles. The molecule has 8 nitrogen and oxygen atoms in total. The predicted octanol–water partition coefficient (Wildman–Crippen LogP) is 1.03. The molecule has 0 aliphatic carbocycles. The Bertz CT molecular complexity index is 672. The van der Waals surface area contributed by atoms with Gasteiger partial charge >= 0.3 is 0 Å². The molecule has 3 rings (SSSR count). The third-order valence-corrected chi connectivity index (χ3v) is 2.32. The number of nitro benzene ring substituents is 1. The van der Waals surface area contributed by atoms with Crippen molar-refractivity contribution >= 4 is 11.5 Å². The summed E-state index contributed by atoms with van der Waals surface area (Å²) in [5.74, 6) is 0.764. The first-order valence-electron chi connectivity index (χ1n) is 4.75. The molecule has 0 amide bonds. The van der Waals surface area contributed by atoms with Crippen molar-refractivity contribution in [1.29, 1.82) is 0 Å². The number of rotatable bonds is 2. The molecule has 0 spiro atoms. The van der Waals surface area contributed by atoms with Crippen molar-refractivity contribution in [2.24, 2.45) is 0 Å². The Morgan fingerprint density at radius 3 is 2.94 bits per heavy atom. The van der Waals surface area contributed by atoms with Gasteiger partial charge < -0.3 is 0 Å². The number of benzene rings is 1. The van der Waals surface area contributed by atoms with E-state index in [-0.39, 0.29) is 5.69 Å². The number of aromatic nitrogens is 5. The van der Waals surface area contributed by atoms with Crippen molar-refractivity contribution in [2.75, 3.05) is 0 Å². The molecule has 0 unspecified atom stereocenters. The van der Waals surface area contributed by atoms with Crippen LogP contribution in [0.4, 0.5) is 5.69 Å². The monoisotopic (exact) mass is 230 g/mol. The lowest BCUT2D eigenvalue weighted by Crippen LogP contribution is -1.93. The van der Waals surface area contributed by atoms with E-state index in [1.807, 2.05) is 0 Å². The summed E-state index contributed by atoms with van der Waals surface area (Å²) in [7, 11) is 0. The third-order valence-electron chi connectivity index (χ3n) is 2.32. The van der Waals surface area contributed by atoms with Crippen LogP contribution >= 0.6 is 0 Å². The molecule has 1 aromatic carbocycles. The minimum absolute atomic E-state index is 0.00235. The lowest BCUT2D eigenvalue weighted by atomic mass is 10.2. The molecule has 0 saturated carbocycles. The first kappa shape index (κ1) is 9.46. The average Bonchev–Trinajstić information content (AvgIpc) is 2.88. The largest absolute Gasteiger partial charge is 0.280 e.